The molecule has 2 aromatic rings. The summed E-state index contributed by atoms with van der Waals surface area (Å²) in [4.78, 5) is 0. The first-order valence-electron chi connectivity index (χ1n) is 6.02. The molecule has 98 valence electrons. The Balaban J connectivity index is 2.24. The van der Waals surface area contributed by atoms with Crippen LogP contribution in [0.25, 0.3) is 12.2 Å². The fraction of sp³-hybridized carbons (Fsp3) is 0.133. The van der Waals surface area contributed by atoms with Crippen molar-refractivity contribution in [2.24, 2.45) is 5.73 Å². The zero-order valence-corrected chi connectivity index (χ0v) is 11.9. The normalized spacial score (nSPS) is 11.1. The molecule has 0 saturated heterocycles. The van der Waals surface area contributed by atoms with Crippen molar-refractivity contribution < 1.29 is 4.57 Å². The highest BCUT2D eigenvalue weighted by Crippen LogP contribution is 2.23. The highest BCUT2D eigenvalue weighted by atomic mass is 35.5. The lowest BCUT2D eigenvalue weighted by molar-refractivity contribution is -0.696. The second kappa shape index (κ2) is 6.71. The van der Waals surface area contributed by atoms with Gasteiger partial charge in [-0.3, -0.25) is 0 Å². The molecular weight excluding hydrogens is 279 g/mol. The summed E-state index contributed by atoms with van der Waals surface area (Å²) in [6.45, 7) is 1.41. The lowest BCUT2D eigenvalue weighted by Crippen LogP contribution is -2.39. The first kappa shape index (κ1) is 14.1. The van der Waals surface area contributed by atoms with Crippen LogP contribution >= 0.6 is 23.2 Å². The smallest absolute Gasteiger partial charge is 0.205 e. The van der Waals surface area contributed by atoms with Crippen LogP contribution in [0, 0.1) is 0 Å². The SMILES string of the molecule is NCC[n+]1ccccc1/C=C/c1ccc(Cl)c(Cl)c1. The summed E-state index contributed by atoms with van der Waals surface area (Å²) in [6, 6.07) is 11.6. The third kappa shape index (κ3) is 3.80. The molecule has 2 rings (SSSR count). The zero-order valence-electron chi connectivity index (χ0n) is 10.4. The average molecular weight is 294 g/mol. The molecular formula is C15H15Cl2N2+. The molecule has 0 radical (unpaired) electrons. The number of halogens is 2. The number of benzene rings is 1. The van der Waals surface area contributed by atoms with Crippen molar-refractivity contribution in [3.05, 3.63) is 63.9 Å². The van der Waals surface area contributed by atoms with Crippen LogP contribution in [0.4, 0.5) is 0 Å². The Kier molecular flexibility index (Phi) is 4.97. The van der Waals surface area contributed by atoms with Crippen LogP contribution in [-0.4, -0.2) is 6.54 Å². The molecule has 0 fully saturated rings. The number of aromatic nitrogens is 1. The van der Waals surface area contributed by atoms with E-state index in [2.05, 4.69) is 4.57 Å². The summed E-state index contributed by atoms with van der Waals surface area (Å²) < 4.78 is 2.11. The van der Waals surface area contributed by atoms with E-state index < -0.39 is 0 Å². The molecule has 1 heterocycles. The topological polar surface area (TPSA) is 29.9 Å². The molecule has 2 nitrogen and oxygen atoms in total. The Morgan fingerprint density at radius 1 is 1.05 bits per heavy atom. The second-order valence-corrected chi connectivity index (χ2v) is 4.93. The molecule has 0 unspecified atom stereocenters. The maximum Gasteiger partial charge on any atom is 0.205 e. The number of hydrogen-bond donors (Lipinski definition) is 1. The van der Waals surface area contributed by atoms with E-state index in [1.165, 1.54) is 0 Å². The Hall–Kier alpha value is -1.35. The van der Waals surface area contributed by atoms with Crippen molar-refractivity contribution >= 4 is 35.4 Å². The molecule has 0 aliphatic rings. The first-order chi connectivity index (χ1) is 9.20. The van der Waals surface area contributed by atoms with E-state index in [0.29, 0.717) is 16.6 Å². The van der Waals surface area contributed by atoms with Gasteiger partial charge >= 0.3 is 0 Å². The summed E-state index contributed by atoms with van der Waals surface area (Å²) in [7, 11) is 0. The first-order valence-corrected chi connectivity index (χ1v) is 6.78. The van der Waals surface area contributed by atoms with E-state index in [-0.39, 0.29) is 0 Å². The average Bonchev–Trinajstić information content (AvgIpc) is 2.42. The lowest BCUT2D eigenvalue weighted by Gasteiger charge is -1.99. The molecule has 0 saturated carbocycles. The largest absolute Gasteiger partial charge is 0.325 e. The molecule has 19 heavy (non-hydrogen) atoms. The van der Waals surface area contributed by atoms with Crippen LogP contribution in [-0.2, 0) is 6.54 Å². The van der Waals surface area contributed by atoms with Crippen molar-refractivity contribution in [1.82, 2.24) is 0 Å². The number of rotatable bonds is 4. The molecule has 1 aromatic carbocycles. The van der Waals surface area contributed by atoms with E-state index in [0.717, 1.165) is 17.8 Å². The molecule has 0 aliphatic heterocycles. The molecule has 0 atom stereocenters. The van der Waals surface area contributed by atoms with Gasteiger partial charge in [0.1, 0.15) is 0 Å². The van der Waals surface area contributed by atoms with Crippen molar-refractivity contribution in [3.63, 3.8) is 0 Å². The van der Waals surface area contributed by atoms with E-state index in [1.807, 2.05) is 48.7 Å². The molecule has 0 spiro atoms. The van der Waals surface area contributed by atoms with Crippen LogP contribution < -0.4 is 10.3 Å². The second-order valence-electron chi connectivity index (χ2n) is 4.11. The number of nitrogens with two attached hydrogens (primary N) is 1. The fourth-order valence-electron chi connectivity index (χ4n) is 1.78. The molecule has 0 amide bonds. The third-order valence-electron chi connectivity index (χ3n) is 2.74. The van der Waals surface area contributed by atoms with E-state index in [9.17, 15) is 0 Å². The molecule has 0 bridgehead atoms. The van der Waals surface area contributed by atoms with Gasteiger partial charge in [-0.05, 0) is 29.8 Å². The van der Waals surface area contributed by atoms with Crippen molar-refractivity contribution in [2.45, 2.75) is 6.54 Å². The van der Waals surface area contributed by atoms with Crippen LogP contribution in [0.15, 0.2) is 42.6 Å². The van der Waals surface area contributed by atoms with Crippen molar-refractivity contribution in [3.8, 4) is 0 Å². The Bertz CT molecular complexity index is 594. The highest BCUT2D eigenvalue weighted by Gasteiger charge is 2.04. The lowest BCUT2D eigenvalue weighted by atomic mass is 10.2. The van der Waals surface area contributed by atoms with E-state index in [4.69, 9.17) is 28.9 Å². The van der Waals surface area contributed by atoms with Crippen LogP contribution in [0.3, 0.4) is 0 Å². The number of nitrogens with zero attached hydrogens (tertiary/aromatic N) is 1. The minimum atomic E-state index is 0.562. The van der Waals surface area contributed by atoms with Gasteiger partial charge in [0, 0.05) is 18.2 Å². The molecule has 1 aromatic heterocycles. The number of pyridine rings is 1. The predicted octanol–water partition coefficient (Wildman–Crippen LogP) is 3.41. The standard InChI is InChI=1S/C15H15Cl2N2/c16-14-7-5-12(11-15(14)17)4-6-13-3-1-2-9-19(13)10-8-18/h1-7,9,11H,8,10,18H2/q+1/b6-4+. The fourth-order valence-corrected chi connectivity index (χ4v) is 2.09. The minimum Gasteiger partial charge on any atom is -0.325 e. The van der Waals surface area contributed by atoms with E-state index in [1.54, 1.807) is 6.07 Å². The highest BCUT2D eigenvalue weighted by molar-refractivity contribution is 6.42. The van der Waals surface area contributed by atoms with Gasteiger partial charge in [0.2, 0.25) is 5.69 Å². The van der Waals surface area contributed by atoms with Gasteiger partial charge in [0.05, 0.1) is 16.6 Å². The summed E-state index contributed by atoms with van der Waals surface area (Å²) >= 11 is 11.9. The third-order valence-corrected chi connectivity index (χ3v) is 3.47. The Labute approximate surface area is 123 Å². The van der Waals surface area contributed by atoms with Crippen molar-refractivity contribution in [2.75, 3.05) is 6.54 Å². The maximum atomic E-state index is 5.99. The van der Waals surface area contributed by atoms with Gasteiger partial charge in [-0.2, -0.15) is 4.57 Å². The Morgan fingerprint density at radius 2 is 1.89 bits per heavy atom. The summed E-state index contributed by atoms with van der Waals surface area (Å²) in [5.41, 5.74) is 7.70. The molecule has 4 heteroatoms. The van der Waals surface area contributed by atoms with Crippen LogP contribution in [0.2, 0.25) is 10.0 Å². The van der Waals surface area contributed by atoms with Gasteiger partial charge in [-0.15, -0.1) is 0 Å². The van der Waals surface area contributed by atoms with Crippen molar-refractivity contribution in [1.29, 1.82) is 0 Å². The minimum absolute atomic E-state index is 0.562. The summed E-state index contributed by atoms with van der Waals surface area (Å²) in [5, 5.41) is 1.13. The molecule has 2 N–H and O–H groups in total. The van der Waals surface area contributed by atoms with Gasteiger partial charge in [0.25, 0.3) is 0 Å². The van der Waals surface area contributed by atoms with Crippen LogP contribution in [0.5, 0.6) is 0 Å². The van der Waals surface area contributed by atoms with Gasteiger partial charge in [0.15, 0.2) is 12.7 Å². The Morgan fingerprint density at radius 3 is 2.63 bits per heavy atom. The predicted molar refractivity (Wildman–Crippen MR) is 81.1 cm³/mol. The zero-order chi connectivity index (χ0) is 13.7. The number of hydrogen-bond acceptors (Lipinski definition) is 1. The van der Waals surface area contributed by atoms with Gasteiger partial charge in [-0.1, -0.05) is 29.3 Å². The quantitative estimate of drug-likeness (QED) is 0.860. The van der Waals surface area contributed by atoms with Gasteiger partial charge in [-0.25, -0.2) is 0 Å². The summed E-state index contributed by atoms with van der Waals surface area (Å²) in [5.74, 6) is 0. The monoisotopic (exact) mass is 293 g/mol. The maximum absolute atomic E-state index is 5.99. The van der Waals surface area contributed by atoms with Gasteiger partial charge < -0.3 is 5.73 Å². The summed E-state index contributed by atoms with van der Waals surface area (Å²) in [6.07, 6.45) is 6.06. The van der Waals surface area contributed by atoms with E-state index >= 15 is 0 Å². The molecule has 0 aliphatic carbocycles. The van der Waals surface area contributed by atoms with Crippen LogP contribution in [0.1, 0.15) is 11.3 Å².